The molecule has 0 aliphatic heterocycles. The Kier molecular flexibility index (Phi) is 5.72. The van der Waals surface area contributed by atoms with Crippen LogP contribution in [0.15, 0.2) is 48.1 Å². The molecule has 0 unspecified atom stereocenters. The number of fused-ring (bicyclic) bond motifs is 1. The molecule has 3 aromatic rings. The second-order valence-corrected chi connectivity index (χ2v) is 8.47. The first kappa shape index (κ1) is 21.0. The summed E-state index contributed by atoms with van der Waals surface area (Å²) in [6, 6.07) is 7.87. The Labute approximate surface area is 186 Å². The zero-order valence-corrected chi connectivity index (χ0v) is 17.7. The predicted molar refractivity (Wildman–Crippen MR) is 114 cm³/mol. The third-order valence-electron chi connectivity index (χ3n) is 5.28. The van der Waals surface area contributed by atoms with Gasteiger partial charge in [-0.05, 0) is 48.2 Å². The summed E-state index contributed by atoms with van der Waals surface area (Å²) in [7, 11) is 0. The minimum absolute atomic E-state index is 0.204. The summed E-state index contributed by atoms with van der Waals surface area (Å²) in [6.07, 6.45) is 3.81. The largest absolute Gasteiger partial charge is 0.368 e. The molecule has 0 saturated carbocycles. The number of rotatable bonds is 5. The molecule has 0 saturated heterocycles. The number of nitrogens with zero attached hydrogens (tertiary/aromatic N) is 3. The number of halogens is 2. The Morgan fingerprint density at radius 2 is 2.19 bits per heavy atom. The van der Waals surface area contributed by atoms with Gasteiger partial charge in [-0.1, -0.05) is 17.7 Å². The first-order valence-electron chi connectivity index (χ1n) is 9.39. The fraction of sp³-hybridized carbons (Fsp3) is 0.182. The van der Waals surface area contributed by atoms with Gasteiger partial charge in [0.2, 0.25) is 5.91 Å². The fourth-order valence-electron chi connectivity index (χ4n) is 3.98. The lowest BCUT2D eigenvalue weighted by Gasteiger charge is -2.35. The van der Waals surface area contributed by atoms with Gasteiger partial charge in [0.05, 0.1) is 16.5 Å². The third-order valence-corrected chi connectivity index (χ3v) is 6.42. The zero-order valence-electron chi connectivity index (χ0n) is 16.1. The molecule has 0 bridgehead atoms. The highest BCUT2D eigenvalue weighted by Gasteiger charge is 2.40. The molecule has 0 spiro atoms. The molecule has 2 atom stereocenters. The highest BCUT2D eigenvalue weighted by molar-refractivity contribution is 7.12. The predicted octanol–water partition coefficient (Wildman–Crippen LogP) is 4.16. The van der Waals surface area contributed by atoms with Crippen LogP contribution in [0.5, 0.6) is 0 Å². The smallest absolute Gasteiger partial charge is 0.265 e. The van der Waals surface area contributed by atoms with Gasteiger partial charge in [0.15, 0.2) is 0 Å². The molecule has 1 aliphatic rings. The molecule has 2 N–H and O–H groups in total. The number of nitrogens with two attached hydrogens (primary N) is 1. The van der Waals surface area contributed by atoms with Crippen molar-refractivity contribution in [2.45, 2.75) is 24.9 Å². The van der Waals surface area contributed by atoms with E-state index in [1.165, 1.54) is 23.2 Å². The van der Waals surface area contributed by atoms with Crippen LogP contribution in [0.4, 0.5) is 4.39 Å². The van der Waals surface area contributed by atoms with E-state index in [-0.39, 0.29) is 9.90 Å². The molecule has 2 amide bonds. The van der Waals surface area contributed by atoms with Crippen molar-refractivity contribution in [2.75, 3.05) is 0 Å². The molecule has 2 heterocycles. The Morgan fingerprint density at radius 3 is 2.84 bits per heavy atom. The van der Waals surface area contributed by atoms with E-state index in [1.807, 2.05) is 6.07 Å². The minimum Gasteiger partial charge on any atom is -0.368 e. The number of hydrogen-bond acceptors (Lipinski definition) is 5. The molecular weight excluding hydrogens is 439 g/mol. The first-order valence-corrected chi connectivity index (χ1v) is 10.6. The average Bonchev–Trinajstić information content (AvgIpc) is 3.39. The van der Waals surface area contributed by atoms with Crippen molar-refractivity contribution in [3.63, 3.8) is 0 Å². The van der Waals surface area contributed by atoms with Crippen molar-refractivity contribution >= 4 is 34.8 Å². The summed E-state index contributed by atoms with van der Waals surface area (Å²) in [5.74, 6) is -1.66. The number of hydrogen-bond donors (Lipinski definition) is 1. The van der Waals surface area contributed by atoms with Gasteiger partial charge in [0, 0.05) is 28.4 Å². The van der Waals surface area contributed by atoms with E-state index in [4.69, 9.17) is 22.6 Å². The topological polar surface area (TPSA) is 100 Å². The van der Waals surface area contributed by atoms with Gasteiger partial charge in [-0.3, -0.25) is 14.6 Å². The van der Waals surface area contributed by atoms with Gasteiger partial charge in [-0.25, -0.2) is 4.39 Å². The van der Waals surface area contributed by atoms with Gasteiger partial charge in [0.25, 0.3) is 5.91 Å². The molecular formula is C22H16ClFN4O2S. The highest BCUT2D eigenvalue weighted by atomic mass is 35.5. The van der Waals surface area contributed by atoms with Crippen molar-refractivity contribution < 1.29 is 14.0 Å². The number of nitriles is 1. The molecule has 4 rings (SSSR count). The van der Waals surface area contributed by atoms with E-state index >= 15 is 0 Å². The Balaban J connectivity index is 1.87. The van der Waals surface area contributed by atoms with Crippen LogP contribution in [0.25, 0.3) is 0 Å². The number of primary amides is 1. The van der Waals surface area contributed by atoms with Crippen molar-refractivity contribution in [3.8, 4) is 6.07 Å². The first-order chi connectivity index (χ1) is 14.9. The lowest BCUT2D eigenvalue weighted by Crippen LogP contribution is -2.43. The molecule has 156 valence electrons. The van der Waals surface area contributed by atoms with Crippen molar-refractivity contribution in [1.29, 1.82) is 5.26 Å². The fourth-order valence-corrected chi connectivity index (χ4v) is 4.97. The molecule has 0 fully saturated rings. The van der Waals surface area contributed by atoms with Crippen LogP contribution in [-0.4, -0.2) is 21.7 Å². The molecule has 6 nitrogen and oxygen atoms in total. The summed E-state index contributed by atoms with van der Waals surface area (Å²) in [4.78, 5) is 31.9. The van der Waals surface area contributed by atoms with Gasteiger partial charge >= 0.3 is 0 Å². The number of carbonyl (C=O) groups excluding carboxylic acids is 2. The molecule has 2 aromatic heterocycles. The average molecular weight is 455 g/mol. The quantitative estimate of drug-likeness (QED) is 0.625. The normalized spacial score (nSPS) is 15.7. The molecule has 31 heavy (non-hydrogen) atoms. The minimum atomic E-state index is -1.13. The van der Waals surface area contributed by atoms with E-state index in [0.717, 1.165) is 11.3 Å². The van der Waals surface area contributed by atoms with E-state index < -0.39 is 29.7 Å². The number of amides is 2. The van der Waals surface area contributed by atoms with Crippen molar-refractivity contribution in [2.24, 2.45) is 5.73 Å². The van der Waals surface area contributed by atoms with Crippen LogP contribution < -0.4 is 5.73 Å². The number of pyridine rings is 1. The summed E-state index contributed by atoms with van der Waals surface area (Å²) < 4.78 is 14.5. The summed E-state index contributed by atoms with van der Waals surface area (Å²) in [5, 5.41) is 10.9. The summed E-state index contributed by atoms with van der Waals surface area (Å²) >= 11 is 7.20. The lowest BCUT2D eigenvalue weighted by molar-refractivity contribution is -0.123. The Morgan fingerprint density at radius 1 is 1.39 bits per heavy atom. The van der Waals surface area contributed by atoms with Gasteiger partial charge in [-0.15, -0.1) is 11.3 Å². The van der Waals surface area contributed by atoms with Gasteiger partial charge in [-0.2, -0.15) is 5.26 Å². The number of aromatic nitrogens is 1. The molecule has 9 heteroatoms. The van der Waals surface area contributed by atoms with Crippen LogP contribution in [0.3, 0.4) is 0 Å². The van der Waals surface area contributed by atoms with E-state index in [2.05, 4.69) is 4.98 Å². The summed E-state index contributed by atoms with van der Waals surface area (Å²) in [5.41, 5.74) is 7.54. The maximum absolute atomic E-state index is 14.5. The Bertz CT molecular complexity index is 1210. The van der Waals surface area contributed by atoms with Crippen LogP contribution in [-0.2, 0) is 11.2 Å². The van der Waals surface area contributed by atoms with Gasteiger partial charge in [0.1, 0.15) is 17.9 Å². The maximum atomic E-state index is 14.5. The van der Waals surface area contributed by atoms with Crippen LogP contribution in [0.1, 0.15) is 50.4 Å². The second kappa shape index (κ2) is 8.46. The van der Waals surface area contributed by atoms with E-state index in [0.29, 0.717) is 35.1 Å². The molecule has 1 aliphatic carbocycles. The van der Waals surface area contributed by atoms with Crippen molar-refractivity contribution in [3.05, 3.63) is 86.1 Å². The van der Waals surface area contributed by atoms with E-state index in [1.54, 1.807) is 29.8 Å². The van der Waals surface area contributed by atoms with Crippen molar-refractivity contribution in [1.82, 2.24) is 9.88 Å². The number of thiophene rings is 1. The van der Waals surface area contributed by atoms with Crippen LogP contribution in [0, 0.1) is 17.1 Å². The van der Waals surface area contributed by atoms with Crippen LogP contribution >= 0.6 is 22.9 Å². The van der Waals surface area contributed by atoms with Crippen LogP contribution in [0.2, 0.25) is 5.02 Å². The Hall–Kier alpha value is -3.28. The SMILES string of the molecule is N#Cc1csc(C(=O)N([C@@H]2CCc3c(F)cc(Cl)cc32)[C@@H](C(N)=O)c2cccnc2)c1. The standard InChI is InChI=1S/C22H16ClFN4O2S/c23-14-7-16-15(17(24)8-14)3-4-18(16)28(22(30)19-6-12(9-25)11-31-19)20(21(26)29)13-2-1-5-27-10-13/h1-2,5-8,10-11,18,20H,3-4H2,(H2,26,29)/t18-,20-/m1/s1. The molecule has 0 radical (unpaired) electrons. The van der Waals surface area contributed by atoms with Gasteiger partial charge < -0.3 is 10.6 Å². The summed E-state index contributed by atoms with van der Waals surface area (Å²) in [6.45, 7) is 0. The molecule has 1 aromatic carbocycles. The monoisotopic (exact) mass is 454 g/mol. The third kappa shape index (κ3) is 3.90. The lowest BCUT2D eigenvalue weighted by atomic mass is 10.00. The number of carbonyl (C=O) groups is 2. The van der Waals surface area contributed by atoms with E-state index in [9.17, 15) is 14.0 Å². The maximum Gasteiger partial charge on any atom is 0.265 e. The highest BCUT2D eigenvalue weighted by Crippen LogP contribution is 2.43. The zero-order chi connectivity index (χ0) is 22.1. The number of benzene rings is 1. The second-order valence-electron chi connectivity index (χ2n) is 7.12.